The SMILES string of the molecule is Nc1cc(F)c(F)cc1[C@H](N)CCO. The maximum Gasteiger partial charge on any atom is 0.160 e. The fourth-order valence-electron chi connectivity index (χ4n) is 1.19. The third-order valence-corrected chi connectivity index (χ3v) is 1.97. The van der Waals surface area contributed by atoms with E-state index < -0.39 is 17.7 Å². The summed E-state index contributed by atoms with van der Waals surface area (Å²) in [6.07, 6.45) is 0.259. The van der Waals surface area contributed by atoms with Crippen LogP contribution in [-0.2, 0) is 0 Å². The molecule has 78 valence electrons. The van der Waals surface area contributed by atoms with E-state index in [-0.39, 0.29) is 18.7 Å². The highest BCUT2D eigenvalue weighted by molar-refractivity contribution is 5.48. The molecule has 0 aliphatic heterocycles. The fraction of sp³-hybridized carbons (Fsp3) is 0.333. The highest BCUT2D eigenvalue weighted by atomic mass is 19.2. The van der Waals surface area contributed by atoms with Crippen LogP contribution in [0.4, 0.5) is 14.5 Å². The third kappa shape index (κ3) is 2.18. The number of rotatable bonds is 3. The molecule has 0 radical (unpaired) electrons. The smallest absolute Gasteiger partial charge is 0.160 e. The molecule has 0 spiro atoms. The van der Waals surface area contributed by atoms with Crippen LogP contribution in [-0.4, -0.2) is 11.7 Å². The minimum absolute atomic E-state index is 0.102. The molecule has 14 heavy (non-hydrogen) atoms. The lowest BCUT2D eigenvalue weighted by molar-refractivity contribution is 0.276. The standard InChI is InChI=1S/C9H12F2N2O/c10-6-3-5(8(12)1-2-14)9(13)4-7(6)11/h3-4,8,14H,1-2,12-13H2/t8-/m1/s1. The van der Waals surface area contributed by atoms with E-state index in [0.29, 0.717) is 5.56 Å². The summed E-state index contributed by atoms with van der Waals surface area (Å²) in [6, 6.07) is 1.28. The van der Waals surface area contributed by atoms with E-state index in [1.165, 1.54) is 0 Å². The van der Waals surface area contributed by atoms with E-state index in [2.05, 4.69) is 0 Å². The van der Waals surface area contributed by atoms with Crippen molar-refractivity contribution in [3.05, 3.63) is 29.3 Å². The highest BCUT2D eigenvalue weighted by Gasteiger charge is 2.13. The average Bonchev–Trinajstić information content (AvgIpc) is 2.11. The Hall–Kier alpha value is -1.20. The number of nitrogens with two attached hydrogens (primary N) is 2. The molecule has 0 saturated carbocycles. The Morgan fingerprint density at radius 3 is 2.43 bits per heavy atom. The lowest BCUT2D eigenvalue weighted by Crippen LogP contribution is -2.14. The van der Waals surface area contributed by atoms with Gasteiger partial charge in [0.05, 0.1) is 0 Å². The number of nitrogen functional groups attached to an aromatic ring is 1. The molecule has 1 rings (SSSR count). The van der Waals surface area contributed by atoms with Gasteiger partial charge in [-0.1, -0.05) is 0 Å². The third-order valence-electron chi connectivity index (χ3n) is 1.97. The van der Waals surface area contributed by atoms with E-state index in [1.807, 2.05) is 0 Å². The average molecular weight is 202 g/mol. The number of benzene rings is 1. The Morgan fingerprint density at radius 2 is 1.86 bits per heavy atom. The minimum Gasteiger partial charge on any atom is -0.398 e. The largest absolute Gasteiger partial charge is 0.398 e. The molecule has 0 unspecified atom stereocenters. The van der Waals surface area contributed by atoms with Gasteiger partial charge in [0.15, 0.2) is 11.6 Å². The first-order chi connectivity index (χ1) is 6.56. The van der Waals surface area contributed by atoms with Crippen LogP contribution in [0, 0.1) is 11.6 Å². The maximum atomic E-state index is 12.8. The zero-order valence-corrected chi connectivity index (χ0v) is 7.50. The quantitative estimate of drug-likeness (QED) is 0.638. The molecule has 0 fully saturated rings. The summed E-state index contributed by atoms with van der Waals surface area (Å²) in [5, 5.41) is 8.62. The van der Waals surface area contributed by atoms with Crippen molar-refractivity contribution in [3.63, 3.8) is 0 Å². The summed E-state index contributed by atoms with van der Waals surface area (Å²) in [7, 11) is 0. The molecular formula is C9H12F2N2O. The molecule has 3 nitrogen and oxygen atoms in total. The highest BCUT2D eigenvalue weighted by Crippen LogP contribution is 2.23. The second-order valence-corrected chi connectivity index (χ2v) is 3.01. The number of hydrogen-bond donors (Lipinski definition) is 3. The Bertz CT molecular complexity index is 331. The predicted molar refractivity (Wildman–Crippen MR) is 49.4 cm³/mol. The summed E-state index contributed by atoms with van der Waals surface area (Å²) in [6.45, 7) is -0.125. The second-order valence-electron chi connectivity index (χ2n) is 3.01. The predicted octanol–water partition coefficient (Wildman–Crippen LogP) is 0.929. The number of halogens is 2. The number of hydrogen-bond acceptors (Lipinski definition) is 3. The Kier molecular flexibility index (Phi) is 3.38. The van der Waals surface area contributed by atoms with Gasteiger partial charge >= 0.3 is 0 Å². The van der Waals surface area contributed by atoms with Gasteiger partial charge in [-0.3, -0.25) is 0 Å². The van der Waals surface area contributed by atoms with Crippen molar-refractivity contribution >= 4 is 5.69 Å². The summed E-state index contributed by atoms with van der Waals surface area (Å²) in [5.74, 6) is -1.98. The van der Waals surface area contributed by atoms with Crippen LogP contribution in [0.5, 0.6) is 0 Å². The van der Waals surface area contributed by atoms with Gasteiger partial charge in [0, 0.05) is 24.4 Å². The lowest BCUT2D eigenvalue weighted by atomic mass is 10.0. The van der Waals surface area contributed by atoms with Crippen LogP contribution in [0.25, 0.3) is 0 Å². The summed E-state index contributed by atoms with van der Waals surface area (Å²) >= 11 is 0. The Morgan fingerprint density at radius 1 is 1.29 bits per heavy atom. The first kappa shape index (κ1) is 10.9. The molecule has 0 heterocycles. The normalized spacial score (nSPS) is 12.9. The van der Waals surface area contributed by atoms with Gasteiger partial charge in [0.2, 0.25) is 0 Å². The van der Waals surface area contributed by atoms with Crippen LogP contribution < -0.4 is 11.5 Å². The minimum atomic E-state index is -0.998. The van der Waals surface area contributed by atoms with Gasteiger partial charge in [0.25, 0.3) is 0 Å². The van der Waals surface area contributed by atoms with Crippen LogP contribution in [0.15, 0.2) is 12.1 Å². The molecular weight excluding hydrogens is 190 g/mol. The first-order valence-electron chi connectivity index (χ1n) is 4.17. The monoisotopic (exact) mass is 202 g/mol. The summed E-state index contributed by atoms with van der Waals surface area (Å²) in [5.41, 5.74) is 11.5. The fourth-order valence-corrected chi connectivity index (χ4v) is 1.19. The van der Waals surface area contributed by atoms with Gasteiger partial charge in [-0.05, 0) is 18.1 Å². The molecule has 1 atom stereocenters. The number of anilines is 1. The topological polar surface area (TPSA) is 72.3 Å². The molecule has 0 aromatic heterocycles. The van der Waals surface area contributed by atoms with Crippen molar-refractivity contribution in [1.29, 1.82) is 0 Å². The van der Waals surface area contributed by atoms with Crippen LogP contribution >= 0.6 is 0 Å². The van der Waals surface area contributed by atoms with Crippen molar-refractivity contribution in [3.8, 4) is 0 Å². The molecule has 1 aromatic rings. The molecule has 0 aliphatic carbocycles. The number of aliphatic hydroxyl groups is 1. The second kappa shape index (κ2) is 4.34. The summed E-state index contributed by atoms with van der Waals surface area (Å²) < 4.78 is 25.5. The molecule has 0 saturated heterocycles. The molecule has 0 amide bonds. The van der Waals surface area contributed by atoms with Gasteiger partial charge in [-0.15, -0.1) is 0 Å². The van der Waals surface area contributed by atoms with Crippen LogP contribution in [0.3, 0.4) is 0 Å². The van der Waals surface area contributed by atoms with E-state index in [1.54, 1.807) is 0 Å². The van der Waals surface area contributed by atoms with Gasteiger partial charge in [-0.25, -0.2) is 8.78 Å². The Balaban J connectivity index is 3.02. The van der Waals surface area contributed by atoms with Crippen LogP contribution in [0.1, 0.15) is 18.0 Å². The molecule has 1 aromatic carbocycles. The first-order valence-corrected chi connectivity index (χ1v) is 4.17. The zero-order valence-electron chi connectivity index (χ0n) is 7.50. The van der Waals surface area contributed by atoms with E-state index >= 15 is 0 Å². The van der Waals surface area contributed by atoms with Crippen LogP contribution in [0.2, 0.25) is 0 Å². The van der Waals surface area contributed by atoms with Crippen molar-refractivity contribution in [2.75, 3.05) is 12.3 Å². The van der Waals surface area contributed by atoms with E-state index in [0.717, 1.165) is 12.1 Å². The van der Waals surface area contributed by atoms with Gasteiger partial charge in [-0.2, -0.15) is 0 Å². The summed E-state index contributed by atoms with van der Waals surface area (Å²) in [4.78, 5) is 0. The molecule has 5 N–H and O–H groups in total. The molecule has 0 bridgehead atoms. The molecule has 0 aliphatic rings. The van der Waals surface area contributed by atoms with Gasteiger partial charge in [0.1, 0.15) is 0 Å². The van der Waals surface area contributed by atoms with Crippen molar-refractivity contribution in [1.82, 2.24) is 0 Å². The van der Waals surface area contributed by atoms with E-state index in [4.69, 9.17) is 16.6 Å². The number of aliphatic hydroxyl groups excluding tert-OH is 1. The van der Waals surface area contributed by atoms with E-state index in [9.17, 15) is 8.78 Å². The zero-order chi connectivity index (χ0) is 10.7. The lowest BCUT2D eigenvalue weighted by Gasteiger charge is -2.13. The van der Waals surface area contributed by atoms with Crippen molar-refractivity contribution in [2.45, 2.75) is 12.5 Å². The molecule has 5 heteroatoms. The Labute approximate surface area is 80.3 Å². The maximum absolute atomic E-state index is 12.8. The van der Waals surface area contributed by atoms with Crippen molar-refractivity contribution < 1.29 is 13.9 Å². The van der Waals surface area contributed by atoms with Crippen molar-refractivity contribution in [2.24, 2.45) is 5.73 Å². The van der Waals surface area contributed by atoms with Gasteiger partial charge < -0.3 is 16.6 Å².